The van der Waals surface area contributed by atoms with Crippen LogP contribution in [0.15, 0.2) is 36.4 Å². The number of amides is 3. The molecule has 0 bridgehead atoms. The highest BCUT2D eigenvalue weighted by Crippen LogP contribution is 2.32. The second kappa shape index (κ2) is 12.1. The molecule has 2 fully saturated rings. The van der Waals surface area contributed by atoms with Crippen molar-refractivity contribution in [1.29, 1.82) is 0 Å². The van der Waals surface area contributed by atoms with Crippen molar-refractivity contribution in [2.45, 2.75) is 63.3 Å². The molecule has 2 atom stereocenters. The molecule has 11 heteroatoms. The number of hydrogen-bond donors (Lipinski definition) is 2. The fourth-order valence-corrected chi connectivity index (χ4v) is 6.09. The van der Waals surface area contributed by atoms with E-state index in [4.69, 9.17) is 21.4 Å². The number of ether oxygens (including phenoxy) is 1. The number of aliphatic carboxylic acids is 1. The summed E-state index contributed by atoms with van der Waals surface area (Å²) in [5.74, 6) is -1.78. The molecule has 0 aromatic heterocycles. The van der Waals surface area contributed by atoms with Crippen molar-refractivity contribution in [2.75, 3.05) is 29.9 Å². The number of nitrogens with one attached hydrogen (secondary N) is 1. The van der Waals surface area contributed by atoms with Crippen LogP contribution in [-0.2, 0) is 27.2 Å². The Balaban J connectivity index is 1.15. The van der Waals surface area contributed by atoms with Gasteiger partial charge in [-0.15, -0.1) is 0 Å². The van der Waals surface area contributed by atoms with Crippen molar-refractivity contribution < 1.29 is 33.0 Å². The smallest absolute Gasteiger partial charge is 0.326 e. The third-order valence-corrected chi connectivity index (χ3v) is 8.36. The molecule has 8 nitrogen and oxygen atoms in total. The number of urea groups is 1. The van der Waals surface area contributed by atoms with E-state index in [1.54, 1.807) is 24.3 Å². The first-order chi connectivity index (χ1) is 19.2. The average molecular weight is 576 g/mol. The molecule has 1 saturated carbocycles. The molecule has 214 valence electrons. The Bertz CT molecular complexity index is 1290. The first kappa shape index (κ1) is 28.3. The Kier molecular flexibility index (Phi) is 8.56. The Morgan fingerprint density at radius 1 is 1.10 bits per heavy atom. The number of anilines is 2. The zero-order chi connectivity index (χ0) is 28.4. The van der Waals surface area contributed by atoms with Gasteiger partial charge >= 0.3 is 12.0 Å². The predicted octanol–water partition coefficient (Wildman–Crippen LogP) is 5.22. The Hall–Kier alpha value is -3.24. The minimum Gasteiger partial charge on any atom is -0.481 e. The van der Waals surface area contributed by atoms with Gasteiger partial charge in [0.2, 0.25) is 5.91 Å². The Morgan fingerprint density at radius 3 is 2.60 bits per heavy atom. The molecule has 1 aliphatic carbocycles. The van der Waals surface area contributed by atoms with E-state index in [0.29, 0.717) is 55.6 Å². The maximum absolute atomic E-state index is 14.3. The van der Waals surface area contributed by atoms with Crippen molar-refractivity contribution in [2.24, 2.45) is 5.92 Å². The standard InChI is InChI=1S/C29H32ClF2N3O5/c30-24-11-17(1-8-25(24)33-29(39)34-10-9-18-2-5-20(31)14-26(18)34)12-27(36)35-15-21(32)13-22(35)16-40-23-6-3-19(4-7-23)28(37)38/h1-2,5,8,11,14,19,21-23H,3-4,6-7,9-10,12-13,15-16H2,(H,33,39)(H,37,38)/t19-,21-,22-,23-/m0/s1. The maximum atomic E-state index is 14.3. The van der Waals surface area contributed by atoms with Crippen molar-refractivity contribution in [3.63, 3.8) is 0 Å². The van der Waals surface area contributed by atoms with E-state index in [-0.39, 0.29) is 55.0 Å². The van der Waals surface area contributed by atoms with E-state index in [0.717, 1.165) is 5.56 Å². The summed E-state index contributed by atoms with van der Waals surface area (Å²) in [4.78, 5) is 40.1. The molecule has 40 heavy (non-hydrogen) atoms. The summed E-state index contributed by atoms with van der Waals surface area (Å²) in [7, 11) is 0. The maximum Gasteiger partial charge on any atom is 0.326 e. The van der Waals surface area contributed by atoms with Crippen LogP contribution in [0, 0.1) is 11.7 Å². The lowest BCUT2D eigenvalue weighted by molar-refractivity contribution is -0.144. The highest BCUT2D eigenvalue weighted by Gasteiger charge is 2.36. The van der Waals surface area contributed by atoms with Crippen LogP contribution in [0.25, 0.3) is 0 Å². The lowest BCUT2D eigenvalue weighted by Gasteiger charge is -2.29. The van der Waals surface area contributed by atoms with Gasteiger partial charge in [-0.05, 0) is 67.5 Å². The molecule has 0 unspecified atom stereocenters. The molecule has 0 spiro atoms. The highest BCUT2D eigenvalue weighted by molar-refractivity contribution is 6.34. The van der Waals surface area contributed by atoms with Crippen molar-refractivity contribution in [3.05, 3.63) is 58.4 Å². The molecule has 2 aromatic carbocycles. The second-order valence-corrected chi connectivity index (χ2v) is 11.2. The third kappa shape index (κ3) is 6.39. The van der Waals surface area contributed by atoms with Gasteiger partial charge in [-0.1, -0.05) is 23.7 Å². The van der Waals surface area contributed by atoms with E-state index in [1.807, 2.05) is 0 Å². The number of hydrogen-bond acceptors (Lipinski definition) is 4. The number of likely N-dealkylation sites (tertiary alicyclic amines) is 1. The monoisotopic (exact) mass is 575 g/mol. The summed E-state index contributed by atoms with van der Waals surface area (Å²) in [6.45, 7) is 0.636. The fourth-order valence-electron chi connectivity index (χ4n) is 5.84. The number of rotatable bonds is 7. The number of carboxylic acids is 1. The number of carbonyl (C=O) groups is 3. The normalized spacial score (nSPS) is 24.2. The largest absolute Gasteiger partial charge is 0.481 e. The van der Waals surface area contributed by atoms with Gasteiger partial charge in [0.15, 0.2) is 0 Å². The molecule has 0 radical (unpaired) electrons. The van der Waals surface area contributed by atoms with Crippen LogP contribution >= 0.6 is 11.6 Å². The number of alkyl halides is 1. The lowest BCUT2D eigenvalue weighted by atomic mass is 9.87. The summed E-state index contributed by atoms with van der Waals surface area (Å²) < 4.78 is 34.0. The molecule has 1 saturated heterocycles. The van der Waals surface area contributed by atoms with Crippen LogP contribution in [0.4, 0.5) is 25.0 Å². The predicted molar refractivity (Wildman–Crippen MR) is 146 cm³/mol. The number of carboxylic acid groups (broad SMARTS) is 1. The molecule has 3 amide bonds. The SMILES string of the molecule is O=C(Nc1ccc(CC(=O)N2C[C@@H](F)C[C@H]2CO[C@H]2CC[C@H](C(=O)O)CC2)cc1Cl)N1CCc2ccc(F)cc21. The van der Waals surface area contributed by atoms with Crippen molar-refractivity contribution in [1.82, 2.24) is 4.90 Å². The minimum atomic E-state index is -1.13. The zero-order valence-corrected chi connectivity index (χ0v) is 22.7. The van der Waals surface area contributed by atoms with Crippen LogP contribution in [0.2, 0.25) is 5.02 Å². The number of benzene rings is 2. The summed E-state index contributed by atoms with van der Waals surface area (Å²) in [5.41, 5.74) is 2.40. The summed E-state index contributed by atoms with van der Waals surface area (Å²) >= 11 is 6.43. The van der Waals surface area contributed by atoms with Gasteiger partial charge in [-0.25, -0.2) is 13.6 Å². The third-order valence-electron chi connectivity index (χ3n) is 8.05. The summed E-state index contributed by atoms with van der Waals surface area (Å²) in [6, 6.07) is 8.46. The van der Waals surface area contributed by atoms with Gasteiger partial charge in [-0.2, -0.15) is 0 Å². The van der Waals surface area contributed by atoms with E-state index in [2.05, 4.69) is 5.32 Å². The first-order valence-electron chi connectivity index (χ1n) is 13.6. The molecule has 2 aliphatic heterocycles. The first-order valence-corrected chi connectivity index (χ1v) is 14.0. The van der Waals surface area contributed by atoms with Gasteiger partial charge < -0.3 is 20.1 Å². The quantitative estimate of drug-likeness (QED) is 0.472. The Morgan fingerprint density at radius 2 is 1.88 bits per heavy atom. The van der Waals surface area contributed by atoms with Gasteiger partial charge in [0.1, 0.15) is 12.0 Å². The fraction of sp³-hybridized carbons (Fsp3) is 0.483. The minimum absolute atomic E-state index is 0.00160. The molecule has 2 N–H and O–H groups in total. The van der Waals surface area contributed by atoms with E-state index >= 15 is 0 Å². The summed E-state index contributed by atoms with van der Waals surface area (Å²) in [5, 5.41) is 12.2. The number of fused-ring (bicyclic) bond motifs is 1. The van der Waals surface area contributed by atoms with Crippen LogP contribution < -0.4 is 10.2 Å². The second-order valence-electron chi connectivity index (χ2n) is 10.8. The molecule has 2 aromatic rings. The topological polar surface area (TPSA) is 99.2 Å². The van der Waals surface area contributed by atoms with Crippen LogP contribution in [0.1, 0.15) is 43.2 Å². The molecular weight excluding hydrogens is 544 g/mol. The van der Waals surface area contributed by atoms with Gasteiger partial charge in [0.25, 0.3) is 0 Å². The van der Waals surface area contributed by atoms with Gasteiger partial charge in [0.05, 0.1) is 54.0 Å². The zero-order valence-electron chi connectivity index (χ0n) is 22.0. The van der Waals surface area contributed by atoms with Crippen LogP contribution in [0.3, 0.4) is 0 Å². The van der Waals surface area contributed by atoms with Crippen molar-refractivity contribution in [3.8, 4) is 0 Å². The van der Waals surface area contributed by atoms with Gasteiger partial charge in [-0.3, -0.25) is 14.5 Å². The van der Waals surface area contributed by atoms with Gasteiger partial charge in [0, 0.05) is 13.0 Å². The number of carbonyl (C=O) groups excluding carboxylic acids is 2. The van der Waals surface area contributed by atoms with E-state index in [9.17, 15) is 23.2 Å². The molecule has 5 rings (SSSR count). The molecule has 2 heterocycles. The number of nitrogens with zero attached hydrogens (tertiary/aromatic N) is 2. The molecule has 3 aliphatic rings. The van der Waals surface area contributed by atoms with E-state index < -0.39 is 24.0 Å². The lowest BCUT2D eigenvalue weighted by Crippen LogP contribution is -2.40. The van der Waals surface area contributed by atoms with Crippen molar-refractivity contribution >= 4 is 40.9 Å². The van der Waals surface area contributed by atoms with Crippen LogP contribution in [0.5, 0.6) is 0 Å². The Labute approximate surface area is 236 Å². The highest BCUT2D eigenvalue weighted by atomic mass is 35.5. The van der Waals surface area contributed by atoms with Crippen LogP contribution in [-0.4, -0.2) is 65.9 Å². The summed E-state index contributed by atoms with van der Waals surface area (Å²) in [6.07, 6.45) is 2.02. The average Bonchev–Trinajstić information content (AvgIpc) is 3.52. The molecular formula is C29H32ClF2N3O5. The van der Waals surface area contributed by atoms with E-state index in [1.165, 1.54) is 21.9 Å². The number of halogens is 3.